The molecule has 4 heteroatoms. The molecular formula is C66H43BN2O. The molecule has 1 aromatic heterocycles. The summed E-state index contributed by atoms with van der Waals surface area (Å²) in [5.74, 6) is 0. The number of hydrogen-bond acceptors (Lipinski definition) is 3. The number of benzene rings is 11. The summed E-state index contributed by atoms with van der Waals surface area (Å²) in [4.78, 5) is 5.04. The van der Waals surface area contributed by atoms with Gasteiger partial charge in [-0.2, -0.15) is 0 Å². The van der Waals surface area contributed by atoms with Crippen molar-refractivity contribution in [3.8, 4) is 55.6 Å². The fraction of sp³-hybridized carbons (Fsp3) is 0. The van der Waals surface area contributed by atoms with Gasteiger partial charge in [-0.3, -0.25) is 0 Å². The summed E-state index contributed by atoms with van der Waals surface area (Å²) in [5, 5.41) is 2.22. The summed E-state index contributed by atoms with van der Waals surface area (Å²) < 4.78 is 6.38. The SMILES string of the molecule is c1ccc(-c2ccc(N3c4ccc(-c5ccccc5)cc4B4c5cc(-c6ccccc6)ccc5N(c5ccc(-c6ccccc6)cc5)c5cc(-c6ccc7oc8ccccc8c7c6)cc3c54)cc2)cc1. The fourth-order valence-corrected chi connectivity index (χ4v) is 11.1. The molecule has 14 rings (SSSR count). The molecule has 326 valence electrons. The van der Waals surface area contributed by atoms with E-state index >= 15 is 0 Å². The summed E-state index contributed by atoms with van der Waals surface area (Å²) in [6.45, 7) is -0.0867. The van der Waals surface area contributed by atoms with Crippen LogP contribution in [0.25, 0.3) is 77.6 Å². The highest BCUT2D eigenvalue weighted by molar-refractivity contribution is 7.00. The second-order valence-corrected chi connectivity index (χ2v) is 18.4. The van der Waals surface area contributed by atoms with E-state index in [2.05, 4.69) is 265 Å². The van der Waals surface area contributed by atoms with Gasteiger partial charge in [0.2, 0.25) is 0 Å². The molecule has 3 nitrogen and oxygen atoms in total. The van der Waals surface area contributed by atoms with Crippen LogP contribution >= 0.6 is 0 Å². The molecule has 12 aromatic rings. The standard InChI is InChI=1S/C66H43BN2O/c1-5-15-44(16-6-1)48-25-32-54(33-26-48)68-60-36-29-51(46-19-9-3-10-20-46)40-58(60)67-59-41-52(47-21-11-4-12-22-47)30-37-61(59)69(55-34-27-49(28-35-55)45-17-7-2-8-18-45)63-43-53(42-62(68)66(63)67)50-31-38-65-57(39-50)56-23-13-14-24-64(56)70-65/h1-43H. The van der Waals surface area contributed by atoms with E-state index in [9.17, 15) is 0 Å². The number of nitrogens with zero attached hydrogens (tertiary/aromatic N) is 2. The van der Waals surface area contributed by atoms with Gasteiger partial charge < -0.3 is 14.2 Å². The highest BCUT2D eigenvalue weighted by Crippen LogP contribution is 2.48. The van der Waals surface area contributed by atoms with E-state index in [1.54, 1.807) is 0 Å². The number of para-hydroxylation sites is 1. The third-order valence-electron chi connectivity index (χ3n) is 14.5. The normalized spacial score (nSPS) is 12.5. The van der Waals surface area contributed by atoms with Crippen molar-refractivity contribution in [1.29, 1.82) is 0 Å². The van der Waals surface area contributed by atoms with Gasteiger partial charge in [-0.15, -0.1) is 0 Å². The predicted octanol–water partition coefficient (Wildman–Crippen LogP) is 16.0. The van der Waals surface area contributed by atoms with Gasteiger partial charge >= 0.3 is 0 Å². The lowest BCUT2D eigenvalue weighted by atomic mass is 9.33. The summed E-state index contributed by atoms with van der Waals surface area (Å²) in [6, 6.07) is 95.4. The van der Waals surface area contributed by atoms with Crippen LogP contribution in [0.1, 0.15) is 0 Å². The average molecular weight is 891 g/mol. The first kappa shape index (κ1) is 40.0. The zero-order valence-corrected chi connectivity index (χ0v) is 38.2. The third-order valence-corrected chi connectivity index (χ3v) is 14.5. The zero-order valence-electron chi connectivity index (χ0n) is 38.2. The van der Waals surface area contributed by atoms with Crippen LogP contribution in [0.4, 0.5) is 34.1 Å². The van der Waals surface area contributed by atoms with Crippen LogP contribution < -0.4 is 26.2 Å². The first-order valence-electron chi connectivity index (χ1n) is 24.1. The Morgan fingerprint density at radius 1 is 0.257 bits per heavy atom. The lowest BCUT2D eigenvalue weighted by Crippen LogP contribution is -2.61. The van der Waals surface area contributed by atoms with Crippen molar-refractivity contribution >= 4 is 79.2 Å². The Morgan fingerprint density at radius 2 is 0.629 bits per heavy atom. The molecule has 2 aliphatic rings. The summed E-state index contributed by atoms with van der Waals surface area (Å²) in [7, 11) is 0. The molecule has 0 atom stereocenters. The second-order valence-electron chi connectivity index (χ2n) is 18.4. The molecule has 0 radical (unpaired) electrons. The Bertz CT molecular complexity index is 3730. The van der Waals surface area contributed by atoms with Crippen LogP contribution in [0.3, 0.4) is 0 Å². The van der Waals surface area contributed by atoms with E-state index in [1.165, 1.54) is 72.3 Å². The molecule has 3 heterocycles. The molecule has 11 aromatic carbocycles. The molecular weight excluding hydrogens is 848 g/mol. The Hall–Kier alpha value is -9.12. The Morgan fingerprint density at radius 3 is 1.11 bits per heavy atom. The van der Waals surface area contributed by atoms with Crippen LogP contribution in [0, 0.1) is 0 Å². The van der Waals surface area contributed by atoms with Crippen LogP contribution in [0.15, 0.2) is 265 Å². The minimum Gasteiger partial charge on any atom is -0.456 e. The lowest BCUT2D eigenvalue weighted by Gasteiger charge is -2.44. The fourth-order valence-electron chi connectivity index (χ4n) is 11.1. The number of anilines is 6. The van der Waals surface area contributed by atoms with Gasteiger partial charge in [0.25, 0.3) is 6.71 Å². The van der Waals surface area contributed by atoms with Gasteiger partial charge in [0.15, 0.2) is 0 Å². The van der Waals surface area contributed by atoms with Crippen LogP contribution in [0.2, 0.25) is 0 Å². The molecule has 0 spiro atoms. The van der Waals surface area contributed by atoms with Gasteiger partial charge in [-0.25, -0.2) is 0 Å². The molecule has 0 fully saturated rings. The van der Waals surface area contributed by atoms with E-state index in [0.29, 0.717) is 0 Å². The molecule has 0 saturated carbocycles. The van der Waals surface area contributed by atoms with Crippen molar-refractivity contribution in [3.63, 3.8) is 0 Å². The monoisotopic (exact) mass is 890 g/mol. The molecule has 0 unspecified atom stereocenters. The molecule has 0 amide bonds. The largest absolute Gasteiger partial charge is 0.456 e. The predicted molar refractivity (Wildman–Crippen MR) is 295 cm³/mol. The molecule has 2 aliphatic heterocycles. The molecule has 70 heavy (non-hydrogen) atoms. The number of hydrogen-bond donors (Lipinski definition) is 0. The number of fused-ring (bicyclic) bond motifs is 7. The Balaban J connectivity index is 1.06. The molecule has 0 N–H and O–H groups in total. The van der Waals surface area contributed by atoms with E-state index in [0.717, 1.165) is 55.8 Å². The topological polar surface area (TPSA) is 19.6 Å². The summed E-state index contributed by atoms with van der Waals surface area (Å²) in [6.07, 6.45) is 0. The van der Waals surface area contributed by atoms with E-state index in [-0.39, 0.29) is 6.71 Å². The van der Waals surface area contributed by atoms with E-state index in [1.807, 2.05) is 6.07 Å². The van der Waals surface area contributed by atoms with Gasteiger partial charge in [-0.05, 0) is 139 Å². The van der Waals surface area contributed by atoms with E-state index in [4.69, 9.17) is 4.42 Å². The minimum atomic E-state index is -0.0867. The maximum atomic E-state index is 6.38. The van der Waals surface area contributed by atoms with Crippen molar-refractivity contribution in [1.82, 2.24) is 0 Å². The van der Waals surface area contributed by atoms with Gasteiger partial charge in [-0.1, -0.05) is 194 Å². The highest BCUT2D eigenvalue weighted by atomic mass is 16.3. The van der Waals surface area contributed by atoms with Crippen LogP contribution in [0.5, 0.6) is 0 Å². The highest BCUT2D eigenvalue weighted by Gasteiger charge is 2.44. The number of rotatable bonds is 7. The smallest absolute Gasteiger partial charge is 0.252 e. The zero-order chi connectivity index (χ0) is 46.1. The minimum absolute atomic E-state index is 0.0867. The maximum absolute atomic E-state index is 6.38. The van der Waals surface area contributed by atoms with E-state index < -0.39 is 0 Å². The second kappa shape index (κ2) is 16.3. The molecule has 0 bridgehead atoms. The first-order chi connectivity index (χ1) is 34.7. The van der Waals surface area contributed by atoms with Crippen molar-refractivity contribution in [2.45, 2.75) is 0 Å². The van der Waals surface area contributed by atoms with Gasteiger partial charge in [0.05, 0.1) is 0 Å². The van der Waals surface area contributed by atoms with Crippen molar-refractivity contribution < 1.29 is 4.42 Å². The van der Waals surface area contributed by atoms with Gasteiger partial charge in [0.1, 0.15) is 11.2 Å². The first-order valence-corrected chi connectivity index (χ1v) is 24.1. The van der Waals surface area contributed by atoms with Crippen molar-refractivity contribution in [3.05, 3.63) is 261 Å². The average Bonchev–Trinajstić information content (AvgIpc) is 3.82. The maximum Gasteiger partial charge on any atom is 0.252 e. The summed E-state index contributed by atoms with van der Waals surface area (Å²) in [5.41, 5.74) is 24.2. The quantitative estimate of drug-likeness (QED) is 0.149. The Kier molecular flexibility index (Phi) is 9.31. The van der Waals surface area contributed by atoms with Gasteiger partial charge in [0, 0.05) is 44.9 Å². The lowest BCUT2D eigenvalue weighted by molar-refractivity contribution is 0.669. The van der Waals surface area contributed by atoms with Crippen molar-refractivity contribution in [2.75, 3.05) is 9.80 Å². The molecule has 0 aliphatic carbocycles. The van der Waals surface area contributed by atoms with Crippen LogP contribution in [-0.2, 0) is 0 Å². The van der Waals surface area contributed by atoms with Crippen LogP contribution in [-0.4, -0.2) is 6.71 Å². The van der Waals surface area contributed by atoms with Crippen molar-refractivity contribution in [2.24, 2.45) is 0 Å². The summed E-state index contributed by atoms with van der Waals surface area (Å²) >= 11 is 0. The third kappa shape index (κ3) is 6.60. The molecule has 0 saturated heterocycles. The Labute approximate surface area is 407 Å². The number of furan rings is 1.